The van der Waals surface area contributed by atoms with Gasteiger partial charge in [0, 0.05) is 0 Å². The van der Waals surface area contributed by atoms with Gasteiger partial charge in [-0.3, -0.25) is 18.1 Å². The molecule has 0 aliphatic heterocycles. The van der Waals surface area contributed by atoms with Crippen molar-refractivity contribution in [2.45, 2.75) is 0 Å². The molecule has 0 aromatic heterocycles. The maximum atomic E-state index is 9.98. The maximum absolute atomic E-state index is 9.98. The fourth-order valence-corrected chi connectivity index (χ4v) is 3.45. The number of hydrogen-bond donors (Lipinski definition) is 0. The topological polar surface area (TPSA) is 197 Å². The van der Waals surface area contributed by atoms with E-state index in [2.05, 4.69) is 18.1 Å². The van der Waals surface area contributed by atoms with Gasteiger partial charge in [-0.25, -0.2) is 0 Å². The largest absolute Gasteiger partial charge is 4.00 e. The van der Waals surface area contributed by atoms with E-state index in [-0.39, 0.29) is 21.1 Å². The standard InChI is InChI=1S/4C6H5O3P.Mo/c4*7-10(8)9-6-4-2-1-3-5-6;/h4*1-5H;/q;;;;+4. The van der Waals surface area contributed by atoms with Crippen molar-refractivity contribution in [1.82, 2.24) is 0 Å². The summed E-state index contributed by atoms with van der Waals surface area (Å²) in [6.45, 7) is 0. The Balaban J connectivity index is 0.000000516. The first kappa shape index (κ1) is 38.0. The van der Waals surface area contributed by atoms with Crippen molar-refractivity contribution in [2.75, 3.05) is 0 Å². The molecule has 210 valence electrons. The van der Waals surface area contributed by atoms with Crippen LogP contribution in [0.1, 0.15) is 0 Å². The zero-order valence-electron chi connectivity index (χ0n) is 20.6. The van der Waals surface area contributed by atoms with E-state index in [0.29, 0.717) is 23.0 Å². The molecule has 17 heteroatoms. The van der Waals surface area contributed by atoms with Crippen LogP contribution in [0.5, 0.6) is 23.0 Å². The van der Waals surface area contributed by atoms with Crippen molar-refractivity contribution in [2.24, 2.45) is 0 Å². The van der Waals surface area contributed by atoms with Crippen molar-refractivity contribution in [3.05, 3.63) is 121 Å². The quantitative estimate of drug-likeness (QED) is 0.185. The Morgan fingerprint density at radius 3 is 0.610 bits per heavy atom. The minimum atomic E-state index is -2.78. The second-order valence-electron chi connectivity index (χ2n) is 6.51. The van der Waals surface area contributed by atoms with Gasteiger partial charge in [0.2, 0.25) is 0 Å². The first-order chi connectivity index (χ1) is 19.2. The van der Waals surface area contributed by atoms with E-state index in [1.807, 2.05) is 0 Å². The molecule has 0 saturated heterocycles. The van der Waals surface area contributed by atoms with Gasteiger partial charge in [-0.1, -0.05) is 72.8 Å². The van der Waals surface area contributed by atoms with Crippen LogP contribution < -0.4 is 37.7 Å². The van der Waals surface area contributed by atoms with E-state index in [9.17, 15) is 37.8 Å². The van der Waals surface area contributed by atoms with Gasteiger partial charge in [0.1, 0.15) is 0 Å². The molecule has 12 nitrogen and oxygen atoms in total. The molecule has 4 atom stereocenters. The van der Waals surface area contributed by atoms with E-state index < -0.39 is 33.0 Å². The van der Waals surface area contributed by atoms with Crippen LogP contribution in [0.2, 0.25) is 0 Å². The van der Waals surface area contributed by atoms with E-state index in [1.54, 1.807) is 121 Å². The molecule has 0 aliphatic carbocycles. The summed E-state index contributed by atoms with van der Waals surface area (Å²) in [7, 11) is -11.1. The molecule has 4 unspecified atom stereocenters. The van der Waals surface area contributed by atoms with Crippen molar-refractivity contribution in [1.29, 1.82) is 0 Å². The minimum absolute atomic E-state index is 0. The normalized spacial score (nSPS) is 10.4. The Bertz CT molecular complexity index is 1100. The molecule has 0 fully saturated rings. The second kappa shape index (κ2) is 23.7. The van der Waals surface area contributed by atoms with Gasteiger partial charge in [-0.05, 0) is 66.8 Å². The van der Waals surface area contributed by atoms with E-state index >= 15 is 0 Å². The van der Waals surface area contributed by atoms with Crippen LogP contribution in [0.4, 0.5) is 0 Å². The summed E-state index contributed by atoms with van der Waals surface area (Å²) in [5.41, 5.74) is 0. The average Bonchev–Trinajstić information content (AvgIpc) is 2.91. The Morgan fingerprint density at radius 2 is 0.488 bits per heavy atom. The minimum Gasteiger partial charge on any atom is -0.558 e. The van der Waals surface area contributed by atoms with Crippen LogP contribution in [-0.2, 0) is 39.3 Å². The number of benzene rings is 4. The zero-order chi connectivity index (χ0) is 29.6. The van der Waals surface area contributed by atoms with Crippen molar-refractivity contribution >= 4 is 33.0 Å². The molecule has 4 aromatic carbocycles. The third-order valence-electron chi connectivity index (χ3n) is 3.69. The maximum Gasteiger partial charge on any atom is 4.00 e. The summed E-state index contributed by atoms with van der Waals surface area (Å²) in [4.78, 5) is 39.9. The van der Waals surface area contributed by atoms with Crippen LogP contribution in [-0.4, -0.2) is 0 Å². The summed E-state index contributed by atoms with van der Waals surface area (Å²) in [6, 6.07) is 33.3. The summed E-state index contributed by atoms with van der Waals surface area (Å²) >= 11 is 0. The molecule has 0 aliphatic rings. The number of hydrogen-bond acceptors (Lipinski definition) is 12. The first-order valence-electron chi connectivity index (χ1n) is 10.7. The van der Waals surface area contributed by atoms with Gasteiger partial charge in [-0.15, -0.1) is 0 Å². The summed E-state index contributed by atoms with van der Waals surface area (Å²) < 4.78 is 57.4. The second-order valence-corrected chi connectivity index (χ2v) is 9.03. The average molecular weight is 720 g/mol. The van der Waals surface area contributed by atoms with Crippen LogP contribution in [0, 0.1) is 0 Å². The molecule has 0 N–H and O–H groups in total. The van der Waals surface area contributed by atoms with Gasteiger partial charge in [0.05, 0.1) is 0 Å². The molecule has 4 rings (SSSR count). The van der Waals surface area contributed by atoms with Crippen molar-refractivity contribution < 1.29 is 77.0 Å². The molecule has 4 aromatic rings. The molecule has 0 heterocycles. The predicted octanol–water partition coefficient (Wildman–Crippen LogP) is 4.33. The van der Waals surface area contributed by atoms with Crippen molar-refractivity contribution in [3.8, 4) is 23.0 Å². The third kappa shape index (κ3) is 22.4. The zero-order valence-corrected chi connectivity index (χ0v) is 26.2. The van der Waals surface area contributed by atoms with Gasteiger partial charge >= 0.3 is 54.1 Å². The van der Waals surface area contributed by atoms with Gasteiger partial charge in [-0.2, -0.15) is 0 Å². The van der Waals surface area contributed by atoms with Crippen LogP contribution >= 0.6 is 33.0 Å². The molecular formula is C24H20MoO12P4+4. The molecule has 0 amide bonds. The number of rotatable bonds is 8. The van der Waals surface area contributed by atoms with E-state index in [4.69, 9.17) is 0 Å². The summed E-state index contributed by atoms with van der Waals surface area (Å²) in [6.07, 6.45) is 0. The van der Waals surface area contributed by atoms with E-state index in [1.165, 1.54) is 0 Å². The van der Waals surface area contributed by atoms with Crippen LogP contribution in [0.25, 0.3) is 0 Å². The van der Waals surface area contributed by atoms with Gasteiger partial charge in [0.15, 0.2) is 23.0 Å². The SMILES string of the molecule is O=[P+]([O-])Oc1ccccc1.O=[P+]([O-])Oc1ccccc1.O=[P+]([O-])Oc1ccccc1.O=[P+]([O-])Oc1ccccc1.[Mo+4]. The molecule has 0 radical (unpaired) electrons. The Kier molecular flexibility index (Phi) is 22.0. The fraction of sp³-hybridized carbons (Fsp3) is 0. The summed E-state index contributed by atoms with van der Waals surface area (Å²) in [5, 5.41) is 0. The molecule has 0 spiro atoms. The molecule has 0 bridgehead atoms. The third-order valence-corrected chi connectivity index (χ3v) is 5.13. The van der Waals surface area contributed by atoms with Crippen molar-refractivity contribution in [3.63, 3.8) is 0 Å². The molecule has 41 heavy (non-hydrogen) atoms. The summed E-state index contributed by atoms with van der Waals surface area (Å²) in [5.74, 6) is 1.38. The Morgan fingerprint density at radius 1 is 0.341 bits per heavy atom. The molecular weight excluding hydrogens is 700 g/mol. The smallest absolute Gasteiger partial charge is 0.558 e. The first-order valence-corrected chi connectivity index (χ1v) is 15.0. The van der Waals surface area contributed by atoms with E-state index in [0.717, 1.165) is 0 Å². The van der Waals surface area contributed by atoms with Crippen LogP contribution in [0.3, 0.4) is 0 Å². The fourth-order valence-electron chi connectivity index (χ4n) is 2.27. The predicted molar refractivity (Wildman–Crippen MR) is 139 cm³/mol. The van der Waals surface area contributed by atoms with Gasteiger partial charge < -0.3 is 19.6 Å². The Hall–Kier alpha value is -2.99. The number of para-hydroxylation sites is 4. The monoisotopic (exact) mass is 722 g/mol. The Labute approximate surface area is 253 Å². The van der Waals surface area contributed by atoms with Gasteiger partial charge in [0.25, 0.3) is 0 Å². The van der Waals surface area contributed by atoms with Crippen LogP contribution in [0.15, 0.2) is 121 Å². The molecule has 0 saturated carbocycles.